The maximum Gasteiger partial charge on any atom is 0.403 e. The zero-order valence-electron chi connectivity index (χ0n) is 26.3. The smallest absolute Gasteiger partial charge is 0.364 e. The number of anilines is 3. The molecule has 1 unspecified atom stereocenters. The number of likely N-dealkylation sites (N-methyl/N-ethyl adjacent to an activating group) is 1. The Bertz CT molecular complexity index is 2140. The zero-order chi connectivity index (χ0) is 35.2. The molecule has 1 atom stereocenters. The first-order valence-electron chi connectivity index (χ1n) is 14.5. The summed E-state index contributed by atoms with van der Waals surface area (Å²) in [7, 11) is -5.91. The Kier molecular flexibility index (Phi) is 9.56. The minimum Gasteiger partial charge on any atom is -0.364 e. The van der Waals surface area contributed by atoms with Gasteiger partial charge >= 0.3 is 6.18 Å². The molecule has 2 N–H and O–H groups in total. The van der Waals surface area contributed by atoms with Gasteiger partial charge in [-0.15, -0.1) is 0 Å². The lowest BCUT2D eigenvalue weighted by atomic mass is 10.1. The summed E-state index contributed by atoms with van der Waals surface area (Å²) in [4.78, 5) is 28.4. The number of nitrogens with zero attached hydrogens (tertiary/aromatic N) is 7. The third-order valence-electron chi connectivity index (χ3n) is 7.81. The minimum atomic E-state index is -5.02. The van der Waals surface area contributed by atoms with Crippen molar-refractivity contribution in [2.24, 2.45) is 7.05 Å². The summed E-state index contributed by atoms with van der Waals surface area (Å²) in [6.45, 7) is 3.66. The van der Waals surface area contributed by atoms with E-state index in [9.17, 15) is 34.8 Å². The van der Waals surface area contributed by atoms with Gasteiger partial charge in [-0.3, -0.25) is 9.36 Å². The third kappa shape index (κ3) is 7.61. The standard InChI is InChI=1S/C28H33F4N9O5S2/c1-17-13-33-7-8-40(17)22-6-5-19(12-21(22)29)35-27-34-14-18-11-20(25-36-23(15-38(25)2)48(45,46)16-28(30,31)32)26(42)41(24(18)37-27)10-9-39(3)47(4,43)44/h5-6,11-12,14-15,17,33H,7-10,13,16H2,1-4H3,(H,34,35,37). The van der Waals surface area contributed by atoms with E-state index in [-0.39, 0.29) is 47.5 Å². The van der Waals surface area contributed by atoms with Crippen LogP contribution in [0.3, 0.4) is 0 Å². The molecule has 20 heteroatoms. The van der Waals surface area contributed by atoms with Gasteiger partial charge in [0, 0.05) is 76.3 Å². The zero-order valence-corrected chi connectivity index (χ0v) is 27.9. The van der Waals surface area contributed by atoms with Gasteiger partial charge in [-0.25, -0.2) is 35.5 Å². The van der Waals surface area contributed by atoms with Crippen molar-refractivity contribution in [1.82, 2.24) is 33.7 Å². The molecule has 0 spiro atoms. The number of sulfonamides is 1. The molecule has 4 aromatic rings. The van der Waals surface area contributed by atoms with Crippen molar-refractivity contribution in [2.45, 2.75) is 30.7 Å². The van der Waals surface area contributed by atoms with E-state index in [0.29, 0.717) is 24.5 Å². The number of benzene rings is 1. The second-order valence-corrected chi connectivity index (χ2v) is 15.5. The Labute approximate surface area is 273 Å². The van der Waals surface area contributed by atoms with E-state index >= 15 is 4.39 Å². The van der Waals surface area contributed by atoms with E-state index in [1.807, 2.05) is 11.8 Å². The summed E-state index contributed by atoms with van der Waals surface area (Å²) >= 11 is 0. The average Bonchev–Trinajstić information content (AvgIpc) is 3.37. The Balaban J connectivity index is 1.55. The quantitative estimate of drug-likeness (QED) is 0.231. The number of aryl methyl sites for hydroxylation is 1. The molecule has 5 rings (SSSR count). The molecule has 1 saturated heterocycles. The van der Waals surface area contributed by atoms with Gasteiger partial charge in [0.15, 0.2) is 10.8 Å². The van der Waals surface area contributed by atoms with Crippen LogP contribution in [0.15, 0.2) is 46.5 Å². The molecule has 0 saturated carbocycles. The molecule has 3 aromatic heterocycles. The lowest BCUT2D eigenvalue weighted by molar-refractivity contribution is -0.106. The number of pyridine rings is 1. The SMILES string of the molecule is CC1CNCCN1c1ccc(Nc2ncc3cc(-c4nc(S(=O)(=O)CC(F)(F)F)cn4C)c(=O)n(CCN(C)S(C)(=O)=O)c3n2)cc1F. The molecule has 0 bridgehead atoms. The summed E-state index contributed by atoms with van der Waals surface area (Å²) in [6.07, 6.45) is -1.82. The maximum absolute atomic E-state index is 15.2. The largest absolute Gasteiger partial charge is 0.403 e. The van der Waals surface area contributed by atoms with Gasteiger partial charge in [-0.05, 0) is 31.2 Å². The van der Waals surface area contributed by atoms with Gasteiger partial charge in [0.2, 0.25) is 25.8 Å². The predicted octanol–water partition coefficient (Wildman–Crippen LogP) is 2.10. The van der Waals surface area contributed by atoms with Gasteiger partial charge in [0.05, 0.1) is 17.5 Å². The van der Waals surface area contributed by atoms with Gasteiger partial charge < -0.3 is 20.1 Å². The number of sulfone groups is 1. The van der Waals surface area contributed by atoms with Crippen molar-refractivity contribution in [3.05, 3.63) is 52.8 Å². The van der Waals surface area contributed by atoms with Crippen molar-refractivity contribution in [2.75, 3.05) is 55.5 Å². The van der Waals surface area contributed by atoms with Gasteiger partial charge in [0.25, 0.3) is 5.56 Å². The topological polar surface area (TPSA) is 164 Å². The molecule has 0 radical (unpaired) electrons. The number of nitrogens with one attached hydrogen (secondary N) is 2. The van der Waals surface area contributed by atoms with E-state index in [1.54, 1.807) is 12.1 Å². The second kappa shape index (κ2) is 13.1. The number of piperazine rings is 1. The highest BCUT2D eigenvalue weighted by Crippen LogP contribution is 2.28. The predicted molar refractivity (Wildman–Crippen MR) is 171 cm³/mol. The lowest BCUT2D eigenvalue weighted by Gasteiger charge is -2.36. The van der Waals surface area contributed by atoms with Crippen molar-refractivity contribution in [3.63, 3.8) is 0 Å². The molecule has 14 nitrogen and oxygen atoms in total. The van der Waals surface area contributed by atoms with Crippen LogP contribution in [0, 0.1) is 5.82 Å². The molecule has 4 heterocycles. The van der Waals surface area contributed by atoms with Crippen LogP contribution in [0.4, 0.5) is 34.9 Å². The molecular formula is C28H33F4N9O5S2. The van der Waals surface area contributed by atoms with Crippen LogP contribution in [0.1, 0.15) is 6.92 Å². The number of hydrogen-bond acceptors (Lipinski definition) is 11. The van der Waals surface area contributed by atoms with E-state index in [0.717, 1.165) is 32.4 Å². The number of aromatic nitrogens is 5. The first-order valence-corrected chi connectivity index (χ1v) is 18.0. The van der Waals surface area contributed by atoms with Crippen LogP contribution in [-0.4, -0.2) is 103 Å². The van der Waals surface area contributed by atoms with E-state index in [1.165, 1.54) is 32.4 Å². The van der Waals surface area contributed by atoms with Crippen molar-refractivity contribution in [3.8, 4) is 11.4 Å². The molecule has 0 amide bonds. The van der Waals surface area contributed by atoms with E-state index in [4.69, 9.17) is 0 Å². The molecule has 1 fully saturated rings. The fourth-order valence-corrected chi connectivity index (χ4v) is 6.80. The Morgan fingerprint density at radius 3 is 2.52 bits per heavy atom. The number of hydrogen-bond donors (Lipinski definition) is 2. The maximum atomic E-state index is 15.2. The summed E-state index contributed by atoms with van der Waals surface area (Å²) in [5.41, 5.74) is -0.156. The van der Waals surface area contributed by atoms with Gasteiger partial charge in [-0.2, -0.15) is 18.2 Å². The molecule has 260 valence electrons. The summed E-state index contributed by atoms with van der Waals surface area (Å²) < 4.78 is 106. The average molecular weight is 716 g/mol. The summed E-state index contributed by atoms with van der Waals surface area (Å²) in [6, 6.07) is 5.98. The highest BCUT2D eigenvalue weighted by atomic mass is 32.2. The Hall–Kier alpha value is -4.14. The minimum absolute atomic E-state index is 0.0138. The highest BCUT2D eigenvalue weighted by molar-refractivity contribution is 7.91. The van der Waals surface area contributed by atoms with Crippen LogP contribution in [0.5, 0.6) is 0 Å². The first kappa shape index (κ1) is 35.2. The fraction of sp³-hybridized carbons (Fsp3) is 0.429. The summed E-state index contributed by atoms with van der Waals surface area (Å²) in [5.74, 6) is -2.86. The third-order valence-corrected chi connectivity index (χ3v) is 10.7. The number of rotatable bonds is 10. The van der Waals surface area contributed by atoms with E-state index in [2.05, 4.69) is 25.6 Å². The highest BCUT2D eigenvalue weighted by Gasteiger charge is 2.37. The molecule has 1 aliphatic heterocycles. The van der Waals surface area contributed by atoms with Crippen molar-refractivity contribution < 1.29 is 34.4 Å². The van der Waals surface area contributed by atoms with Crippen molar-refractivity contribution in [1.29, 1.82) is 0 Å². The lowest BCUT2D eigenvalue weighted by Crippen LogP contribution is -2.50. The first-order chi connectivity index (χ1) is 22.3. The second-order valence-electron chi connectivity index (χ2n) is 11.5. The fourth-order valence-electron chi connectivity index (χ4n) is 5.27. The Morgan fingerprint density at radius 1 is 1.15 bits per heavy atom. The number of fused-ring (bicyclic) bond motifs is 1. The van der Waals surface area contributed by atoms with Crippen LogP contribution in [0.2, 0.25) is 0 Å². The van der Waals surface area contributed by atoms with Gasteiger partial charge in [-0.1, -0.05) is 0 Å². The van der Waals surface area contributed by atoms with Crippen LogP contribution >= 0.6 is 0 Å². The normalized spacial score (nSPS) is 16.2. The molecule has 1 aromatic carbocycles. The van der Waals surface area contributed by atoms with E-state index < -0.39 is 48.2 Å². The van der Waals surface area contributed by atoms with Crippen molar-refractivity contribution >= 4 is 48.2 Å². The molecule has 48 heavy (non-hydrogen) atoms. The van der Waals surface area contributed by atoms with Crippen LogP contribution < -0.4 is 21.1 Å². The molecule has 0 aliphatic carbocycles. The van der Waals surface area contributed by atoms with Gasteiger partial charge in [0.1, 0.15) is 17.3 Å². The van der Waals surface area contributed by atoms with Crippen LogP contribution in [0.25, 0.3) is 22.4 Å². The Morgan fingerprint density at radius 2 is 1.88 bits per heavy atom. The number of imidazole rings is 1. The molecular weight excluding hydrogens is 682 g/mol. The molecule has 1 aliphatic rings. The summed E-state index contributed by atoms with van der Waals surface area (Å²) in [5, 5.41) is 5.55. The monoisotopic (exact) mass is 715 g/mol. The van der Waals surface area contributed by atoms with Crippen LogP contribution in [-0.2, 0) is 33.5 Å². The number of halogens is 4. The number of alkyl halides is 3.